The second-order valence-corrected chi connectivity index (χ2v) is 5.68. The summed E-state index contributed by atoms with van der Waals surface area (Å²) in [5.74, 6) is -0.404. The molecule has 0 fully saturated rings. The molecule has 0 aliphatic heterocycles. The predicted octanol–water partition coefficient (Wildman–Crippen LogP) is 2.90. The van der Waals surface area contributed by atoms with E-state index >= 15 is 0 Å². The molecule has 0 saturated heterocycles. The Morgan fingerprint density at radius 1 is 1.25 bits per heavy atom. The number of carbonyl (C=O) groups is 1. The molecule has 146 valence electrons. The third kappa shape index (κ3) is 5.00. The van der Waals surface area contributed by atoms with Gasteiger partial charge in [-0.25, -0.2) is 4.98 Å². The summed E-state index contributed by atoms with van der Waals surface area (Å²) in [5, 5.41) is 2.52. The summed E-state index contributed by atoms with van der Waals surface area (Å²) in [6.45, 7) is -1.49. The molecule has 0 atom stereocenters. The van der Waals surface area contributed by atoms with Gasteiger partial charge in [0.15, 0.2) is 6.61 Å². The Balaban J connectivity index is 1.63. The highest BCUT2D eigenvalue weighted by atomic mass is 19.4. The second-order valence-electron chi connectivity index (χ2n) is 5.68. The van der Waals surface area contributed by atoms with E-state index < -0.39 is 24.2 Å². The maximum Gasteiger partial charge on any atom is 0.422 e. The zero-order valence-corrected chi connectivity index (χ0v) is 14.2. The van der Waals surface area contributed by atoms with Crippen LogP contribution in [0.1, 0.15) is 15.9 Å². The number of alkyl halides is 3. The van der Waals surface area contributed by atoms with Crippen molar-refractivity contribution in [3.05, 3.63) is 70.3 Å². The summed E-state index contributed by atoms with van der Waals surface area (Å²) in [6.07, 6.45) is -1.76. The average Bonchev–Trinajstić information content (AvgIpc) is 3.19. The molecule has 0 bridgehead atoms. The third-order valence-corrected chi connectivity index (χ3v) is 3.58. The number of nitrogens with one attached hydrogen (secondary N) is 2. The van der Waals surface area contributed by atoms with Crippen molar-refractivity contribution >= 4 is 5.91 Å². The van der Waals surface area contributed by atoms with E-state index in [1.165, 1.54) is 36.7 Å². The van der Waals surface area contributed by atoms with Crippen molar-refractivity contribution in [2.75, 3.05) is 6.61 Å². The molecule has 0 aliphatic carbocycles. The summed E-state index contributed by atoms with van der Waals surface area (Å²) in [6, 6.07) is 8.99. The molecule has 0 spiro atoms. The van der Waals surface area contributed by atoms with E-state index in [9.17, 15) is 22.8 Å². The van der Waals surface area contributed by atoms with Gasteiger partial charge in [0.25, 0.3) is 11.5 Å². The fourth-order valence-electron chi connectivity index (χ4n) is 2.30. The number of nitrogens with zero attached hydrogens (tertiary/aromatic N) is 1. The number of halogens is 3. The minimum Gasteiger partial charge on any atom is -0.468 e. The van der Waals surface area contributed by atoms with Crippen LogP contribution in [0.15, 0.2) is 58.1 Å². The van der Waals surface area contributed by atoms with E-state index in [2.05, 4.69) is 20.0 Å². The van der Waals surface area contributed by atoms with Crippen molar-refractivity contribution < 1.29 is 27.1 Å². The van der Waals surface area contributed by atoms with Crippen molar-refractivity contribution in [2.24, 2.45) is 0 Å². The van der Waals surface area contributed by atoms with Crippen LogP contribution in [-0.2, 0) is 6.54 Å². The molecule has 0 aromatic carbocycles. The lowest BCUT2D eigenvalue weighted by Gasteiger charge is -2.10. The number of furan rings is 1. The molecule has 0 saturated carbocycles. The molecule has 2 N–H and O–H groups in total. The minimum absolute atomic E-state index is 0.0247. The largest absolute Gasteiger partial charge is 0.468 e. The van der Waals surface area contributed by atoms with E-state index in [-0.39, 0.29) is 18.0 Å². The monoisotopic (exact) mass is 393 g/mol. The Labute approximate surface area is 156 Å². The Kier molecular flexibility index (Phi) is 5.48. The molecule has 1 amide bonds. The molecule has 3 aromatic heterocycles. The molecule has 0 radical (unpaired) electrons. The summed E-state index contributed by atoms with van der Waals surface area (Å²) >= 11 is 0. The maximum absolute atomic E-state index is 12.2. The number of H-pyrrole nitrogens is 1. The molecule has 3 aromatic rings. The Hall–Kier alpha value is -3.56. The standard InChI is InChI=1S/C18H14F3N3O4/c19-18(20,21)10-28-15-8-11(5-6-22-15)9-23-16(25)12-3-4-13(24-17(12)26)14-2-1-7-27-14/h1-8H,9-10H2,(H,23,25)(H,24,26). The highest BCUT2D eigenvalue weighted by Crippen LogP contribution is 2.18. The molecule has 0 aliphatic rings. The van der Waals surface area contributed by atoms with Crippen LogP contribution < -0.4 is 15.6 Å². The van der Waals surface area contributed by atoms with Gasteiger partial charge in [-0.3, -0.25) is 9.59 Å². The van der Waals surface area contributed by atoms with Gasteiger partial charge in [0, 0.05) is 18.8 Å². The highest BCUT2D eigenvalue weighted by molar-refractivity contribution is 5.93. The molecule has 0 unspecified atom stereocenters. The smallest absolute Gasteiger partial charge is 0.422 e. The number of amides is 1. The van der Waals surface area contributed by atoms with Gasteiger partial charge in [0.2, 0.25) is 5.88 Å². The molecule has 10 heteroatoms. The van der Waals surface area contributed by atoms with Gasteiger partial charge in [0.05, 0.1) is 12.0 Å². The Morgan fingerprint density at radius 3 is 2.75 bits per heavy atom. The number of ether oxygens (including phenoxy) is 1. The van der Waals surface area contributed by atoms with Crippen LogP contribution in [0.2, 0.25) is 0 Å². The minimum atomic E-state index is -4.48. The Bertz CT molecular complexity index is 1010. The number of pyridine rings is 2. The lowest BCUT2D eigenvalue weighted by Crippen LogP contribution is -2.29. The summed E-state index contributed by atoms with van der Waals surface area (Å²) in [7, 11) is 0. The van der Waals surface area contributed by atoms with Crippen molar-refractivity contribution in [2.45, 2.75) is 12.7 Å². The topological polar surface area (TPSA) is 97.2 Å². The normalized spacial score (nSPS) is 11.2. The van der Waals surface area contributed by atoms with Gasteiger partial charge in [0.1, 0.15) is 11.3 Å². The van der Waals surface area contributed by atoms with Crippen molar-refractivity contribution in [1.29, 1.82) is 0 Å². The molecule has 3 rings (SSSR count). The van der Waals surface area contributed by atoms with E-state index in [1.807, 2.05) is 0 Å². The van der Waals surface area contributed by atoms with Crippen LogP contribution in [-0.4, -0.2) is 28.7 Å². The van der Waals surface area contributed by atoms with Gasteiger partial charge in [-0.2, -0.15) is 13.2 Å². The first-order valence-electron chi connectivity index (χ1n) is 8.02. The number of hydrogen-bond acceptors (Lipinski definition) is 5. The van der Waals surface area contributed by atoms with E-state index in [4.69, 9.17) is 4.42 Å². The van der Waals surface area contributed by atoms with Gasteiger partial charge < -0.3 is 19.5 Å². The number of aromatic nitrogens is 2. The van der Waals surface area contributed by atoms with Crippen LogP contribution in [0.5, 0.6) is 5.88 Å². The number of aromatic amines is 1. The first-order valence-corrected chi connectivity index (χ1v) is 8.02. The first-order chi connectivity index (χ1) is 13.3. The van der Waals surface area contributed by atoms with E-state index in [0.29, 0.717) is 17.0 Å². The van der Waals surface area contributed by atoms with Gasteiger partial charge in [-0.1, -0.05) is 0 Å². The quantitative estimate of drug-likeness (QED) is 0.671. The van der Waals surface area contributed by atoms with E-state index in [0.717, 1.165) is 0 Å². The molecule has 7 nitrogen and oxygen atoms in total. The summed E-state index contributed by atoms with van der Waals surface area (Å²) < 4.78 is 46.3. The lowest BCUT2D eigenvalue weighted by atomic mass is 10.2. The SMILES string of the molecule is O=C(NCc1ccnc(OCC(F)(F)F)c1)c1ccc(-c2ccco2)[nH]c1=O. The van der Waals surface area contributed by atoms with Gasteiger partial charge >= 0.3 is 6.18 Å². The van der Waals surface area contributed by atoms with Crippen LogP contribution >= 0.6 is 0 Å². The van der Waals surface area contributed by atoms with Crippen LogP contribution in [0.3, 0.4) is 0 Å². The third-order valence-electron chi connectivity index (χ3n) is 3.58. The zero-order valence-electron chi connectivity index (χ0n) is 14.2. The average molecular weight is 393 g/mol. The summed E-state index contributed by atoms with van der Waals surface area (Å²) in [5.41, 5.74) is 0.171. The van der Waals surface area contributed by atoms with Crippen molar-refractivity contribution in [3.63, 3.8) is 0 Å². The first kappa shape index (κ1) is 19.2. The predicted molar refractivity (Wildman–Crippen MR) is 91.7 cm³/mol. The van der Waals surface area contributed by atoms with E-state index in [1.54, 1.807) is 12.1 Å². The lowest BCUT2D eigenvalue weighted by molar-refractivity contribution is -0.154. The van der Waals surface area contributed by atoms with Crippen LogP contribution in [0.4, 0.5) is 13.2 Å². The fraction of sp³-hybridized carbons (Fsp3) is 0.167. The fourth-order valence-corrected chi connectivity index (χ4v) is 2.30. The van der Waals surface area contributed by atoms with Crippen LogP contribution in [0, 0.1) is 0 Å². The second kappa shape index (κ2) is 7.99. The molecule has 3 heterocycles. The Morgan fingerprint density at radius 2 is 2.07 bits per heavy atom. The maximum atomic E-state index is 12.2. The van der Waals surface area contributed by atoms with Crippen molar-refractivity contribution in [1.82, 2.24) is 15.3 Å². The van der Waals surface area contributed by atoms with Crippen molar-refractivity contribution in [3.8, 4) is 17.3 Å². The molecule has 28 heavy (non-hydrogen) atoms. The number of hydrogen-bond donors (Lipinski definition) is 2. The number of carbonyl (C=O) groups excluding carboxylic acids is 1. The van der Waals surface area contributed by atoms with Gasteiger partial charge in [-0.05, 0) is 35.9 Å². The highest BCUT2D eigenvalue weighted by Gasteiger charge is 2.28. The van der Waals surface area contributed by atoms with Crippen LogP contribution in [0.25, 0.3) is 11.5 Å². The number of rotatable bonds is 6. The molecular weight excluding hydrogens is 379 g/mol. The zero-order chi connectivity index (χ0) is 20.1. The molecular formula is C18H14F3N3O4. The summed E-state index contributed by atoms with van der Waals surface area (Å²) in [4.78, 5) is 30.6. The van der Waals surface area contributed by atoms with Gasteiger partial charge in [-0.15, -0.1) is 0 Å².